The molecule has 0 saturated heterocycles. The molecule has 0 saturated carbocycles. The molecule has 2 heterocycles. The molecule has 2 aromatic heterocycles. The van der Waals surface area contributed by atoms with E-state index < -0.39 is 0 Å². The Bertz CT molecular complexity index is 1440. The molecule has 6 aromatic rings. The van der Waals surface area contributed by atoms with Crippen LogP contribution in [0.3, 0.4) is 0 Å². The Morgan fingerprint density at radius 1 is 0.600 bits per heavy atom. The minimum atomic E-state index is 1.07. The van der Waals surface area contributed by atoms with Crippen molar-refractivity contribution < 1.29 is 0 Å². The second-order valence-electron chi connectivity index (χ2n) is 6.47. The van der Waals surface area contributed by atoms with Crippen molar-refractivity contribution in [2.75, 3.05) is 0 Å². The Morgan fingerprint density at radius 3 is 2.36 bits per heavy atom. The first-order chi connectivity index (χ1) is 12.4. The van der Waals surface area contributed by atoms with Crippen LogP contribution in [-0.2, 0) is 0 Å². The third kappa shape index (κ3) is 1.80. The van der Waals surface area contributed by atoms with Crippen LogP contribution in [0.1, 0.15) is 0 Å². The summed E-state index contributed by atoms with van der Waals surface area (Å²) in [6.45, 7) is 0. The third-order valence-electron chi connectivity index (χ3n) is 5.07. The molecule has 2 heteroatoms. The summed E-state index contributed by atoms with van der Waals surface area (Å²) in [5.74, 6) is 0. The second kappa shape index (κ2) is 4.78. The van der Waals surface area contributed by atoms with Crippen molar-refractivity contribution in [2.45, 2.75) is 0 Å². The highest BCUT2D eigenvalue weighted by atomic mass is 32.1. The Labute approximate surface area is 148 Å². The van der Waals surface area contributed by atoms with Crippen molar-refractivity contribution in [1.82, 2.24) is 4.98 Å². The lowest BCUT2D eigenvalue weighted by atomic mass is 9.98. The van der Waals surface area contributed by atoms with Gasteiger partial charge < -0.3 is 0 Å². The Kier molecular flexibility index (Phi) is 2.55. The third-order valence-corrected chi connectivity index (χ3v) is 6.18. The number of hydrogen-bond donors (Lipinski definition) is 0. The smallest absolute Gasteiger partial charge is 0.0715 e. The number of fused-ring (bicyclic) bond motifs is 8. The molecule has 0 radical (unpaired) electrons. The number of hydrogen-bond acceptors (Lipinski definition) is 2. The predicted octanol–water partition coefficient (Wildman–Crippen LogP) is 6.91. The monoisotopic (exact) mass is 335 g/mol. The van der Waals surface area contributed by atoms with Gasteiger partial charge in [-0.3, -0.25) is 4.98 Å². The van der Waals surface area contributed by atoms with Gasteiger partial charge >= 0.3 is 0 Å². The maximum atomic E-state index is 4.75. The van der Waals surface area contributed by atoms with Gasteiger partial charge in [0.25, 0.3) is 0 Å². The highest BCUT2D eigenvalue weighted by molar-refractivity contribution is 7.26. The van der Waals surface area contributed by atoms with Gasteiger partial charge in [0, 0.05) is 27.1 Å². The van der Waals surface area contributed by atoms with Crippen molar-refractivity contribution in [2.24, 2.45) is 0 Å². The van der Waals surface area contributed by atoms with Crippen LogP contribution in [0.2, 0.25) is 0 Å². The minimum Gasteiger partial charge on any atom is -0.255 e. The Balaban J connectivity index is 1.90. The topological polar surface area (TPSA) is 12.9 Å². The summed E-state index contributed by atoms with van der Waals surface area (Å²) < 4.78 is 2.58. The molecular formula is C23H13NS. The van der Waals surface area contributed by atoms with E-state index in [0.29, 0.717) is 0 Å². The lowest BCUT2D eigenvalue weighted by molar-refractivity contribution is 1.46. The number of rotatable bonds is 0. The molecule has 0 amide bonds. The predicted molar refractivity (Wildman–Crippen MR) is 110 cm³/mol. The number of benzene rings is 4. The maximum absolute atomic E-state index is 4.75. The summed E-state index contributed by atoms with van der Waals surface area (Å²) in [4.78, 5) is 4.75. The lowest BCUT2D eigenvalue weighted by Crippen LogP contribution is -1.83. The molecule has 25 heavy (non-hydrogen) atoms. The highest BCUT2D eigenvalue weighted by Crippen LogP contribution is 2.39. The van der Waals surface area contributed by atoms with Crippen LogP contribution in [0, 0.1) is 0 Å². The van der Waals surface area contributed by atoms with Crippen molar-refractivity contribution in [3.05, 3.63) is 79.0 Å². The van der Waals surface area contributed by atoms with Crippen molar-refractivity contribution in [3.8, 4) is 0 Å². The molecular weight excluding hydrogens is 322 g/mol. The molecule has 0 fully saturated rings. The zero-order valence-electron chi connectivity index (χ0n) is 13.4. The standard InChI is InChI=1S/C23H13NS/c1-2-6-16-14(5-1)9-10-15-11-20-19(12-18(15)16)23-17-7-3-4-8-21(17)25-22(23)13-24-20/h1-13H. The Morgan fingerprint density at radius 2 is 1.40 bits per heavy atom. The van der Waals surface area contributed by atoms with E-state index in [9.17, 15) is 0 Å². The van der Waals surface area contributed by atoms with E-state index in [2.05, 4.69) is 72.8 Å². The van der Waals surface area contributed by atoms with Gasteiger partial charge in [0.1, 0.15) is 0 Å². The van der Waals surface area contributed by atoms with E-state index in [1.54, 1.807) is 0 Å². The Hall–Kier alpha value is -2.97. The highest BCUT2D eigenvalue weighted by Gasteiger charge is 2.11. The van der Waals surface area contributed by atoms with Crippen LogP contribution in [0.15, 0.2) is 79.0 Å². The molecule has 0 aliphatic carbocycles. The van der Waals surface area contributed by atoms with E-state index >= 15 is 0 Å². The molecule has 0 unspecified atom stereocenters. The number of aromatic nitrogens is 1. The molecule has 0 spiro atoms. The first-order valence-corrected chi connectivity index (χ1v) is 9.22. The van der Waals surface area contributed by atoms with E-state index in [1.807, 2.05) is 17.5 Å². The zero-order chi connectivity index (χ0) is 16.4. The van der Waals surface area contributed by atoms with Crippen LogP contribution in [0.25, 0.3) is 52.6 Å². The SMILES string of the molecule is c1ccc2c(c1)ccc1cc3ncc4sc5ccccc5c4c3cc12. The molecule has 4 aromatic carbocycles. The van der Waals surface area contributed by atoms with Gasteiger partial charge in [0.05, 0.1) is 10.2 Å². The minimum absolute atomic E-state index is 1.07. The van der Waals surface area contributed by atoms with Gasteiger partial charge in [0.2, 0.25) is 0 Å². The van der Waals surface area contributed by atoms with E-state index in [4.69, 9.17) is 4.98 Å². The molecule has 0 atom stereocenters. The number of thiophene rings is 1. The first kappa shape index (κ1) is 13.3. The number of pyridine rings is 1. The molecule has 6 rings (SSSR count). The molecule has 0 aliphatic rings. The quantitative estimate of drug-likeness (QED) is 0.217. The molecule has 0 N–H and O–H groups in total. The molecule has 0 bridgehead atoms. The molecule has 1 nitrogen and oxygen atoms in total. The van der Waals surface area contributed by atoms with Gasteiger partial charge in [-0.25, -0.2) is 0 Å². The van der Waals surface area contributed by atoms with Crippen LogP contribution < -0.4 is 0 Å². The van der Waals surface area contributed by atoms with Gasteiger partial charge in [-0.05, 0) is 39.7 Å². The zero-order valence-corrected chi connectivity index (χ0v) is 14.2. The number of nitrogens with zero attached hydrogens (tertiary/aromatic N) is 1. The fourth-order valence-corrected chi connectivity index (χ4v) is 5.00. The average Bonchev–Trinajstić information content (AvgIpc) is 3.05. The fraction of sp³-hybridized carbons (Fsp3) is 0. The van der Waals surface area contributed by atoms with Crippen LogP contribution in [0.4, 0.5) is 0 Å². The maximum Gasteiger partial charge on any atom is 0.0715 e. The van der Waals surface area contributed by atoms with Crippen molar-refractivity contribution in [1.29, 1.82) is 0 Å². The van der Waals surface area contributed by atoms with Crippen molar-refractivity contribution >= 4 is 64.0 Å². The normalized spacial score (nSPS) is 12.0. The largest absolute Gasteiger partial charge is 0.255 e. The molecule has 116 valence electrons. The lowest BCUT2D eigenvalue weighted by Gasteiger charge is -2.07. The summed E-state index contributed by atoms with van der Waals surface area (Å²) in [6.07, 6.45) is 2.02. The van der Waals surface area contributed by atoms with Crippen LogP contribution in [-0.4, -0.2) is 4.98 Å². The summed E-state index contributed by atoms with van der Waals surface area (Å²) in [5, 5.41) is 9.05. The fourth-order valence-electron chi connectivity index (χ4n) is 3.91. The van der Waals surface area contributed by atoms with Gasteiger partial charge in [-0.2, -0.15) is 0 Å². The van der Waals surface area contributed by atoms with E-state index in [1.165, 1.54) is 47.1 Å². The van der Waals surface area contributed by atoms with Crippen molar-refractivity contribution in [3.63, 3.8) is 0 Å². The van der Waals surface area contributed by atoms with Gasteiger partial charge in [0.15, 0.2) is 0 Å². The summed E-state index contributed by atoms with van der Waals surface area (Å²) in [6, 6.07) is 26.2. The average molecular weight is 335 g/mol. The first-order valence-electron chi connectivity index (χ1n) is 8.40. The van der Waals surface area contributed by atoms with Crippen LogP contribution in [0.5, 0.6) is 0 Å². The van der Waals surface area contributed by atoms with Gasteiger partial charge in [-0.15, -0.1) is 11.3 Å². The summed E-state index contributed by atoms with van der Waals surface area (Å²) in [7, 11) is 0. The molecule has 0 aliphatic heterocycles. The van der Waals surface area contributed by atoms with E-state index in [-0.39, 0.29) is 0 Å². The second-order valence-corrected chi connectivity index (χ2v) is 7.56. The van der Waals surface area contributed by atoms with E-state index in [0.717, 1.165) is 5.52 Å². The summed E-state index contributed by atoms with van der Waals surface area (Å²) in [5.41, 5.74) is 1.07. The van der Waals surface area contributed by atoms with Crippen LogP contribution >= 0.6 is 11.3 Å². The van der Waals surface area contributed by atoms with Gasteiger partial charge in [-0.1, -0.05) is 54.6 Å². The summed E-state index contributed by atoms with van der Waals surface area (Å²) >= 11 is 1.82.